The summed E-state index contributed by atoms with van der Waals surface area (Å²) in [5, 5.41) is 12.2. The summed E-state index contributed by atoms with van der Waals surface area (Å²) in [7, 11) is 0. The Morgan fingerprint density at radius 1 is 0.955 bits per heavy atom. The molecular formula is C15H18N4OS2. The van der Waals surface area contributed by atoms with Crippen molar-refractivity contribution in [2.75, 3.05) is 0 Å². The van der Waals surface area contributed by atoms with Gasteiger partial charge in [-0.15, -0.1) is 22.7 Å². The summed E-state index contributed by atoms with van der Waals surface area (Å²) in [5.41, 5.74) is 0. The van der Waals surface area contributed by atoms with Crippen molar-refractivity contribution in [1.82, 2.24) is 20.6 Å². The lowest BCUT2D eigenvalue weighted by atomic mass is 10.2. The Labute approximate surface area is 137 Å². The van der Waals surface area contributed by atoms with E-state index in [1.807, 2.05) is 10.8 Å². The highest BCUT2D eigenvalue weighted by atomic mass is 32.1. The summed E-state index contributed by atoms with van der Waals surface area (Å²) in [6.45, 7) is 0. The van der Waals surface area contributed by atoms with Crippen molar-refractivity contribution >= 4 is 28.7 Å². The molecular weight excluding hydrogens is 316 g/mol. The Morgan fingerprint density at radius 3 is 1.73 bits per heavy atom. The molecule has 2 aromatic rings. The average Bonchev–Trinajstić information content (AvgIpc) is 3.42. The fourth-order valence-corrected chi connectivity index (χ4v) is 4.28. The standard InChI is InChI=1S/C15H18N4OS2/c20-15(18-11(9-1-2-9)13-16-5-7-21-13)19-12(10-3-4-10)14-17-6-8-22-14/h5-12H,1-4H2,(H2,18,19,20)/t11-,12-/m0/s1. The van der Waals surface area contributed by atoms with Crippen LogP contribution in [0.3, 0.4) is 0 Å². The third-order valence-corrected chi connectivity index (χ3v) is 5.91. The highest BCUT2D eigenvalue weighted by Gasteiger charge is 2.38. The summed E-state index contributed by atoms with van der Waals surface area (Å²) < 4.78 is 0. The highest BCUT2D eigenvalue weighted by Crippen LogP contribution is 2.43. The average molecular weight is 334 g/mol. The van der Waals surface area contributed by atoms with Crippen molar-refractivity contribution in [3.63, 3.8) is 0 Å². The summed E-state index contributed by atoms with van der Waals surface area (Å²) >= 11 is 3.23. The molecule has 2 atom stereocenters. The van der Waals surface area contributed by atoms with Crippen LogP contribution in [0.4, 0.5) is 4.79 Å². The molecule has 116 valence electrons. The Bertz CT molecular complexity index is 566. The molecule has 0 spiro atoms. The molecule has 2 aliphatic rings. The van der Waals surface area contributed by atoms with Crippen molar-refractivity contribution in [2.45, 2.75) is 37.8 Å². The summed E-state index contributed by atoms with van der Waals surface area (Å²) in [6.07, 6.45) is 8.29. The zero-order valence-electron chi connectivity index (χ0n) is 12.1. The number of amides is 2. The Balaban J connectivity index is 1.42. The number of carbonyl (C=O) groups excluding carboxylic acids is 1. The first-order valence-electron chi connectivity index (χ1n) is 7.67. The maximum absolute atomic E-state index is 12.5. The van der Waals surface area contributed by atoms with Crippen LogP contribution >= 0.6 is 22.7 Å². The Hall–Kier alpha value is -1.47. The van der Waals surface area contributed by atoms with Gasteiger partial charge < -0.3 is 10.6 Å². The van der Waals surface area contributed by atoms with Gasteiger partial charge in [-0.25, -0.2) is 14.8 Å². The van der Waals surface area contributed by atoms with Gasteiger partial charge in [0.15, 0.2) is 0 Å². The molecule has 0 bridgehead atoms. The van der Waals surface area contributed by atoms with Crippen LogP contribution in [0, 0.1) is 11.8 Å². The largest absolute Gasteiger partial charge is 0.329 e. The van der Waals surface area contributed by atoms with Gasteiger partial charge in [0.05, 0.1) is 12.1 Å². The molecule has 0 aliphatic heterocycles. The molecule has 2 fully saturated rings. The fourth-order valence-electron chi connectivity index (χ4n) is 2.72. The van der Waals surface area contributed by atoms with Crippen molar-refractivity contribution in [2.24, 2.45) is 11.8 Å². The second-order valence-electron chi connectivity index (χ2n) is 5.99. The quantitative estimate of drug-likeness (QED) is 0.849. The van der Waals surface area contributed by atoms with Crippen LogP contribution in [-0.4, -0.2) is 16.0 Å². The molecule has 2 aromatic heterocycles. The van der Waals surface area contributed by atoms with E-state index in [1.54, 1.807) is 35.1 Å². The van der Waals surface area contributed by atoms with Gasteiger partial charge in [0.2, 0.25) is 0 Å². The first-order chi connectivity index (χ1) is 10.8. The molecule has 22 heavy (non-hydrogen) atoms. The van der Waals surface area contributed by atoms with E-state index in [0.717, 1.165) is 10.0 Å². The van der Waals surface area contributed by atoms with Crippen LogP contribution in [0.5, 0.6) is 0 Å². The topological polar surface area (TPSA) is 66.9 Å². The predicted octanol–water partition coefficient (Wildman–Crippen LogP) is 3.50. The van der Waals surface area contributed by atoms with Crippen molar-refractivity contribution in [3.05, 3.63) is 33.2 Å². The number of hydrogen-bond donors (Lipinski definition) is 2. The molecule has 4 rings (SSSR count). The number of hydrogen-bond acceptors (Lipinski definition) is 5. The van der Waals surface area contributed by atoms with Crippen LogP contribution in [0.2, 0.25) is 0 Å². The number of thiazole rings is 2. The molecule has 2 N–H and O–H groups in total. The van der Waals surface area contributed by atoms with E-state index in [9.17, 15) is 4.79 Å². The van der Waals surface area contributed by atoms with Gasteiger partial charge in [-0.1, -0.05) is 0 Å². The summed E-state index contributed by atoms with van der Waals surface area (Å²) in [6, 6.07) is 0.00601. The monoisotopic (exact) mass is 334 g/mol. The Morgan fingerprint density at radius 2 is 1.41 bits per heavy atom. The molecule has 5 nitrogen and oxygen atoms in total. The second kappa shape index (κ2) is 5.96. The van der Waals surface area contributed by atoms with E-state index in [2.05, 4.69) is 20.6 Å². The number of rotatable bonds is 6. The van der Waals surface area contributed by atoms with Crippen LogP contribution in [-0.2, 0) is 0 Å². The van der Waals surface area contributed by atoms with Crippen LogP contribution in [0.1, 0.15) is 47.8 Å². The minimum atomic E-state index is -0.0980. The molecule has 2 aliphatic carbocycles. The summed E-state index contributed by atoms with van der Waals surface area (Å²) in [4.78, 5) is 21.2. The lowest BCUT2D eigenvalue weighted by Crippen LogP contribution is -2.41. The minimum absolute atomic E-state index is 0.0520. The van der Waals surface area contributed by atoms with Crippen LogP contribution < -0.4 is 10.6 Å². The third kappa shape index (κ3) is 3.15. The van der Waals surface area contributed by atoms with Gasteiger partial charge in [0.25, 0.3) is 0 Å². The number of nitrogens with zero attached hydrogens (tertiary/aromatic N) is 2. The SMILES string of the molecule is O=C(N[C@H](c1nccs1)C1CC1)N[C@H](c1nccs1)C1CC1. The minimum Gasteiger partial charge on any atom is -0.329 e. The maximum Gasteiger partial charge on any atom is 0.315 e. The lowest BCUT2D eigenvalue weighted by molar-refractivity contribution is 0.230. The lowest BCUT2D eigenvalue weighted by Gasteiger charge is -2.20. The van der Waals surface area contributed by atoms with E-state index in [4.69, 9.17) is 0 Å². The van der Waals surface area contributed by atoms with Gasteiger partial charge in [-0.2, -0.15) is 0 Å². The molecule has 2 saturated carbocycles. The molecule has 0 unspecified atom stereocenters. The van der Waals surface area contributed by atoms with Gasteiger partial charge in [0, 0.05) is 23.2 Å². The predicted molar refractivity (Wildman–Crippen MR) is 86.8 cm³/mol. The summed E-state index contributed by atoms with van der Waals surface area (Å²) in [5.74, 6) is 1.08. The number of carbonyl (C=O) groups is 1. The molecule has 0 radical (unpaired) electrons. The Kier molecular flexibility index (Phi) is 3.83. The van der Waals surface area contributed by atoms with Crippen molar-refractivity contribution in [1.29, 1.82) is 0 Å². The molecule has 0 aromatic carbocycles. The highest BCUT2D eigenvalue weighted by molar-refractivity contribution is 7.09. The molecule has 7 heteroatoms. The van der Waals surface area contributed by atoms with Gasteiger partial charge in [0.1, 0.15) is 10.0 Å². The van der Waals surface area contributed by atoms with E-state index >= 15 is 0 Å². The van der Waals surface area contributed by atoms with E-state index in [1.165, 1.54) is 25.7 Å². The zero-order valence-corrected chi connectivity index (χ0v) is 13.7. The molecule has 0 saturated heterocycles. The van der Waals surface area contributed by atoms with E-state index in [-0.39, 0.29) is 18.1 Å². The maximum atomic E-state index is 12.5. The van der Waals surface area contributed by atoms with Gasteiger partial charge in [-0.05, 0) is 37.5 Å². The van der Waals surface area contributed by atoms with Crippen molar-refractivity contribution < 1.29 is 4.79 Å². The van der Waals surface area contributed by atoms with Gasteiger partial charge >= 0.3 is 6.03 Å². The van der Waals surface area contributed by atoms with Crippen LogP contribution in [0.15, 0.2) is 23.2 Å². The van der Waals surface area contributed by atoms with E-state index in [0.29, 0.717) is 11.8 Å². The smallest absolute Gasteiger partial charge is 0.315 e. The van der Waals surface area contributed by atoms with Crippen molar-refractivity contribution in [3.8, 4) is 0 Å². The number of urea groups is 1. The number of nitrogens with one attached hydrogen (secondary N) is 2. The molecule has 2 amide bonds. The number of aromatic nitrogens is 2. The molecule has 2 heterocycles. The van der Waals surface area contributed by atoms with Crippen LogP contribution in [0.25, 0.3) is 0 Å². The van der Waals surface area contributed by atoms with E-state index < -0.39 is 0 Å². The first kappa shape index (κ1) is 14.1. The normalized spacial score (nSPS) is 20.4. The van der Waals surface area contributed by atoms with Gasteiger partial charge in [-0.3, -0.25) is 0 Å². The second-order valence-corrected chi connectivity index (χ2v) is 7.84. The third-order valence-electron chi connectivity index (χ3n) is 4.19. The fraction of sp³-hybridized carbons (Fsp3) is 0.533. The first-order valence-corrected chi connectivity index (χ1v) is 9.43. The zero-order chi connectivity index (χ0) is 14.9.